The quantitative estimate of drug-likeness (QED) is 0.752. The van der Waals surface area contributed by atoms with Crippen LogP contribution in [0.15, 0.2) is 28.7 Å². The van der Waals surface area contributed by atoms with Gasteiger partial charge in [-0.2, -0.15) is 0 Å². The summed E-state index contributed by atoms with van der Waals surface area (Å²) in [5.74, 6) is 0.418. The first-order valence-corrected chi connectivity index (χ1v) is 8.02. The lowest BCUT2D eigenvalue weighted by molar-refractivity contribution is 0.0458. The van der Waals surface area contributed by atoms with Crippen LogP contribution in [0.2, 0.25) is 0 Å². The molecule has 0 aliphatic heterocycles. The molecule has 1 aromatic carbocycles. The van der Waals surface area contributed by atoms with Crippen molar-refractivity contribution < 1.29 is 9.53 Å². The number of fused-ring (bicyclic) bond motifs is 1. The van der Waals surface area contributed by atoms with Gasteiger partial charge in [-0.05, 0) is 18.2 Å². The Labute approximate surface area is 143 Å². The molecule has 5 N–H and O–H groups in total. The van der Waals surface area contributed by atoms with Crippen molar-refractivity contribution in [1.29, 1.82) is 0 Å². The zero-order valence-corrected chi connectivity index (χ0v) is 15.0. The van der Waals surface area contributed by atoms with Crippen LogP contribution < -0.4 is 16.8 Å². The summed E-state index contributed by atoms with van der Waals surface area (Å²) in [6, 6.07) is 7.56. The van der Waals surface area contributed by atoms with E-state index in [1.165, 1.54) is 0 Å². The van der Waals surface area contributed by atoms with Crippen molar-refractivity contribution in [2.75, 3.05) is 17.6 Å². The summed E-state index contributed by atoms with van der Waals surface area (Å²) < 4.78 is 6.15. The fourth-order valence-corrected chi connectivity index (χ4v) is 2.58. The molecule has 0 radical (unpaired) electrons. The highest BCUT2D eigenvalue weighted by molar-refractivity contribution is 9.10. The van der Waals surface area contributed by atoms with Crippen molar-refractivity contribution in [3.05, 3.63) is 28.7 Å². The van der Waals surface area contributed by atoms with Crippen LogP contribution in [0.25, 0.3) is 10.9 Å². The third kappa shape index (κ3) is 4.48. The highest BCUT2D eigenvalue weighted by atomic mass is 79.9. The molecule has 0 aliphatic rings. The molecule has 7 heteroatoms. The number of halogens is 1. The molecule has 0 saturated carbocycles. The number of ether oxygens (including phenoxy) is 1. The monoisotopic (exact) mass is 380 g/mol. The van der Waals surface area contributed by atoms with Crippen LogP contribution >= 0.6 is 15.9 Å². The minimum Gasteiger partial charge on any atom is -0.444 e. The van der Waals surface area contributed by atoms with Gasteiger partial charge in [0.1, 0.15) is 11.9 Å². The van der Waals surface area contributed by atoms with Gasteiger partial charge in [-0.25, -0.2) is 9.78 Å². The summed E-state index contributed by atoms with van der Waals surface area (Å²) in [4.78, 5) is 15.4. The molecule has 2 aromatic rings. The third-order valence-corrected chi connectivity index (χ3v) is 3.99. The number of hydrogen-bond donors (Lipinski definition) is 3. The molecule has 0 fully saturated rings. The molecule has 124 valence electrons. The van der Waals surface area contributed by atoms with E-state index in [1.54, 1.807) is 6.07 Å². The fourth-order valence-electron chi connectivity index (χ4n) is 2.24. The van der Waals surface area contributed by atoms with Gasteiger partial charge in [-0.1, -0.05) is 36.7 Å². The lowest BCUT2D eigenvalue weighted by Gasteiger charge is -2.30. The van der Waals surface area contributed by atoms with Crippen molar-refractivity contribution in [3.63, 3.8) is 0 Å². The van der Waals surface area contributed by atoms with Gasteiger partial charge in [0, 0.05) is 27.0 Å². The number of nitrogen functional groups attached to an aromatic ring is 1. The average Bonchev–Trinajstić information content (AvgIpc) is 2.40. The Hall–Kier alpha value is -2.02. The number of benzene rings is 1. The molecule has 1 heterocycles. The molecule has 2 rings (SSSR count). The van der Waals surface area contributed by atoms with Crippen molar-refractivity contribution in [2.45, 2.75) is 26.9 Å². The molecular formula is C16H21BrN4O2. The van der Waals surface area contributed by atoms with Crippen molar-refractivity contribution >= 4 is 44.4 Å². The minimum absolute atomic E-state index is 0.251. The summed E-state index contributed by atoms with van der Waals surface area (Å²) in [5.41, 5.74) is 12.4. The van der Waals surface area contributed by atoms with Crippen LogP contribution in [0, 0.1) is 5.41 Å². The average molecular weight is 381 g/mol. The smallest absolute Gasteiger partial charge is 0.404 e. The van der Waals surface area contributed by atoms with Gasteiger partial charge < -0.3 is 21.5 Å². The first kappa shape index (κ1) is 17.3. The maximum absolute atomic E-state index is 11.1. The Morgan fingerprint density at radius 3 is 2.70 bits per heavy atom. The number of nitrogens with one attached hydrogen (secondary N) is 1. The maximum atomic E-state index is 11.1. The number of amides is 1. The van der Waals surface area contributed by atoms with Gasteiger partial charge in [0.2, 0.25) is 0 Å². The number of nitrogens with zero attached hydrogens (tertiary/aromatic N) is 1. The summed E-state index contributed by atoms with van der Waals surface area (Å²) in [6.07, 6.45) is -1.16. The normalized spacial score (nSPS) is 12.9. The number of hydrogen-bond acceptors (Lipinski definition) is 5. The number of anilines is 2. The molecule has 1 atom stereocenters. The summed E-state index contributed by atoms with van der Waals surface area (Å²) >= 11 is 3.42. The van der Waals surface area contributed by atoms with Gasteiger partial charge in [0.15, 0.2) is 0 Å². The van der Waals surface area contributed by atoms with E-state index in [4.69, 9.17) is 16.2 Å². The lowest BCUT2D eigenvalue weighted by Crippen LogP contribution is -2.39. The van der Waals surface area contributed by atoms with Crippen LogP contribution in [0.1, 0.15) is 20.8 Å². The number of nitrogens with two attached hydrogens (primary N) is 2. The standard InChI is InChI=1S/C16H21BrN4O2/c1-16(2,3)13(23-15(19)22)8-20-11-7-14(18)21-12-6-9(17)4-5-10(11)12/h4-7,13H,8H2,1-3H3,(H2,19,22)(H3,18,20,21). The Morgan fingerprint density at radius 2 is 2.09 bits per heavy atom. The van der Waals surface area contributed by atoms with Crippen molar-refractivity contribution in [2.24, 2.45) is 11.1 Å². The topological polar surface area (TPSA) is 103 Å². The molecule has 1 amide bonds. The molecule has 1 aromatic heterocycles. The van der Waals surface area contributed by atoms with Crippen LogP contribution in [0.5, 0.6) is 0 Å². The van der Waals surface area contributed by atoms with Gasteiger partial charge >= 0.3 is 6.09 Å². The van der Waals surface area contributed by atoms with Crippen molar-refractivity contribution in [3.8, 4) is 0 Å². The number of aromatic nitrogens is 1. The first-order chi connectivity index (χ1) is 10.7. The summed E-state index contributed by atoms with van der Waals surface area (Å²) in [6.45, 7) is 6.37. The van der Waals surface area contributed by atoms with Gasteiger partial charge in [0.05, 0.1) is 12.1 Å². The molecule has 0 bridgehead atoms. The molecule has 23 heavy (non-hydrogen) atoms. The zero-order chi connectivity index (χ0) is 17.2. The van der Waals surface area contributed by atoms with Gasteiger partial charge in [-0.15, -0.1) is 0 Å². The summed E-state index contributed by atoms with van der Waals surface area (Å²) in [5, 5.41) is 4.23. The largest absolute Gasteiger partial charge is 0.444 e. The molecule has 6 nitrogen and oxygen atoms in total. The molecular weight excluding hydrogens is 360 g/mol. The number of pyridine rings is 1. The van der Waals surface area contributed by atoms with Crippen LogP contribution in [0.3, 0.4) is 0 Å². The second kappa shape index (κ2) is 6.62. The van der Waals surface area contributed by atoms with E-state index in [0.717, 1.165) is 21.1 Å². The number of rotatable bonds is 4. The van der Waals surface area contributed by atoms with Gasteiger partial charge in [-0.3, -0.25) is 0 Å². The third-order valence-electron chi connectivity index (χ3n) is 3.49. The summed E-state index contributed by atoms with van der Waals surface area (Å²) in [7, 11) is 0. The molecule has 1 unspecified atom stereocenters. The Balaban J connectivity index is 2.28. The minimum atomic E-state index is -0.783. The Morgan fingerprint density at radius 1 is 1.39 bits per heavy atom. The number of carbonyl (C=O) groups excluding carboxylic acids is 1. The SMILES string of the molecule is CC(C)(C)C(CNc1cc(N)nc2cc(Br)ccc12)OC(N)=O. The maximum Gasteiger partial charge on any atom is 0.404 e. The zero-order valence-electron chi connectivity index (χ0n) is 13.4. The van der Waals surface area contributed by atoms with E-state index in [0.29, 0.717) is 12.4 Å². The van der Waals surface area contributed by atoms with E-state index in [1.807, 2.05) is 39.0 Å². The fraction of sp³-hybridized carbons (Fsp3) is 0.375. The second-order valence-electron chi connectivity index (χ2n) is 6.43. The number of carbonyl (C=O) groups is 1. The predicted molar refractivity (Wildman–Crippen MR) is 96.3 cm³/mol. The molecule has 0 aliphatic carbocycles. The number of primary amides is 1. The van der Waals surface area contributed by atoms with E-state index in [-0.39, 0.29) is 11.5 Å². The van der Waals surface area contributed by atoms with Crippen LogP contribution in [-0.2, 0) is 4.74 Å². The van der Waals surface area contributed by atoms with E-state index in [9.17, 15) is 4.79 Å². The highest BCUT2D eigenvalue weighted by Crippen LogP contribution is 2.28. The second-order valence-corrected chi connectivity index (χ2v) is 7.34. The van der Waals surface area contributed by atoms with E-state index < -0.39 is 6.09 Å². The Kier molecular flexibility index (Phi) is 4.99. The first-order valence-electron chi connectivity index (χ1n) is 7.22. The Bertz CT molecular complexity index is 723. The highest BCUT2D eigenvalue weighted by Gasteiger charge is 2.27. The van der Waals surface area contributed by atoms with E-state index in [2.05, 4.69) is 26.2 Å². The molecule has 0 spiro atoms. The van der Waals surface area contributed by atoms with Crippen molar-refractivity contribution in [1.82, 2.24) is 4.98 Å². The van der Waals surface area contributed by atoms with E-state index >= 15 is 0 Å². The predicted octanol–water partition coefficient (Wildman–Crippen LogP) is 3.50. The van der Waals surface area contributed by atoms with Gasteiger partial charge in [0.25, 0.3) is 0 Å². The van der Waals surface area contributed by atoms with Crippen LogP contribution in [-0.4, -0.2) is 23.7 Å². The lowest BCUT2D eigenvalue weighted by atomic mass is 9.89. The molecule has 0 saturated heterocycles. The van der Waals surface area contributed by atoms with Crippen LogP contribution in [0.4, 0.5) is 16.3 Å².